The quantitative estimate of drug-likeness (QED) is 0.499. The smallest absolute Gasteiger partial charge is 0.277 e. The Morgan fingerprint density at radius 3 is 2.42 bits per heavy atom. The number of methoxy groups -OCH3 is 1. The van der Waals surface area contributed by atoms with Crippen molar-refractivity contribution in [2.45, 2.75) is 13.0 Å². The molecule has 2 aromatic rings. The van der Waals surface area contributed by atoms with Crippen LogP contribution >= 0.6 is 0 Å². The molecule has 1 heterocycles. The molecule has 1 atom stereocenters. The molecule has 4 N–H and O–H groups in total. The number of aromatic hydroxyl groups is 1. The summed E-state index contributed by atoms with van der Waals surface area (Å²) in [6.45, 7) is 1.32. The minimum Gasteiger partial charge on any atom is -0.508 e. The van der Waals surface area contributed by atoms with Crippen molar-refractivity contribution in [2.24, 2.45) is 0 Å². The van der Waals surface area contributed by atoms with Crippen LogP contribution in [-0.2, 0) is 14.3 Å². The van der Waals surface area contributed by atoms with Crippen LogP contribution < -0.4 is 16.0 Å². The number of phenols is 1. The van der Waals surface area contributed by atoms with E-state index in [9.17, 15) is 14.7 Å². The topological polar surface area (TPSA) is 99.7 Å². The Hall–Kier alpha value is -3.48. The molecular weight excluding hydrogens is 334 g/mol. The zero-order valence-corrected chi connectivity index (χ0v) is 14.4. The van der Waals surface area contributed by atoms with E-state index >= 15 is 0 Å². The number of ether oxygens (including phenoxy) is 1. The van der Waals surface area contributed by atoms with E-state index in [0.29, 0.717) is 11.3 Å². The third-order valence-electron chi connectivity index (χ3n) is 4.00. The largest absolute Gasteiger partial charge is 0.508 e. The molecule has 0 aliphatic carbocycles. The summed E-state index contributed by atoms with van der Waals surface area (Å²) >= 11 is 0. The van der Waals surface area contributed by atoms with Crippen LogP contribution in [0.4, 0.5) is 5.69 Å². The summed E-state index contributed by atoms with van der Waals surface area (Å²) in [4.78, 5) is 24.1. The lowest BCUT2D eigenvalue weighted by Crippen LogP contribution is -2.33. The molecule has 7 heteroatoms. The molecule has 1 aliphatic rings. The summed E-state index contributed by atoms with van der Waals surface area (Å²) in [7, 11) is 1.36. The van der Waals surface area contributed by atoms with Crippen molar-refractivity contribution >= 4 is 17.5 Å². The van der Waals surface area contributed by atoms with E-state index in [2.05, 4.69) is 16.0 Å². The first-order valence-corrected chi connectivity index (χ1v) is 8.01. The van der Waals surface area contributed by atoms with Gasteiger partial charge in [-0.3, -0.25) is 14.9 Å². The molecule has 0 fully saturated rings. The summed E-state index contributed by atoms with van der Waals surface area (Å²) in [5.41, 5.74) is 2.03. The molecule has 7 nitrogen and oxygen atoms in total. The number of rotatable bonds is 3. The Bertz CT molecular complexity index is 892. The molecule has 0 radical (unpaired) electrons. The van der Waals surface area contributed by atoms with Crippen LogP contribution in [0.3, 0.4) is 0 Å². The van der Waals surface area contributed by atoms with Gasteiger partial charge in [0.2, 0.25) is 11.8 Å². The molecule has 26 heavy (non-hydrogen) atoms. The summed E-state index contributed by atoms with van der Waals surface area (Å²) in [5.74, 6) is -0.735. The highest BCUT2D eigenvalue weighted by Crippen LogP contribution is 2.36. The minimum atomic E-state index is -0.528. The van der Waals surface area contributed by atoms with Crippen molar-refractivity contribution in [3.05, 3.63) is 71.2 Å². The molecule has 0 spiro atoms. The lowest BCUT2D eigenvalue weighted by molar-refractivity contribution is -0.119. The highest BCUT2D eigenvalue weighted by atomic mass is 16.5. The Labute approximate surface area is 150 Å². The van der Waals surface area contributed by atoms with Gasteiger partial charge in [-0.2, -0.15) is 0 Å². The molecule has 0 bridgehead atoms. The maximum Gasteiger partial charge on any atom is 0.277 e. The number of hydrogen-bond acceptors (Lipinski definition) is 5. The van der Waals surface area contributed by atoms with Crippen LogP contribution in [-0.4, -0.2) is 24.0 Å². The second-order valence-electron chi connectivity index (χ2n) is 5.77. The number of para-hydroxylation sites is 2. The van der Waals surface area contributed by atoms with E-state index in [4.69, 9.17) is 4.74 Å². The number of nitrogens with one attached hydrogen (secondary N) is 3. The average Bonchev–Trinajstić information content (AvgIpc) is 2.76. The van der Waals surface area contributed by atoms with Crippen LogP contribution in [0, 0.1) is 0 Å². The number of benzene rings is 2. The van der Waals surface area contributed by atoms with Crippen molar-refractivity contribution < 1.29 is 19.4 Å². The van der Waals surface area contributed by atoms with Gasteiger partial charge in [-0.1, -0.05) is 36.4 Å². The van der Waals surface area contributed by atoms with Gasteiger partial charge in [-0.25, -0.2) is 0 Å². The first-order valence-electron chi connectivity index (χ1n) is 8.01. The van der Waals surface area contributed by atoms with Gasteiger partial charge in [0.25, 0.3) is 5.91 Å². The molecular formula is C19H19N3O4. The maximum absolute atomic E-state index is 12.7. The maximum atomic E-state index is 12.7. The summed E-state index contributed by atoms with van der Waals surface area (Å²) in [6, 6.07) is 13.6. The normalized spacial score (nSPS) is 17.9. The van der Waals surface area contributed by atoms with E-state index in [0.717, 1.165) is 5.56 Å². The zero-order chi connectivity index (χ0) is 18.7. The number of carbonyl (C=O) groups is 2. The van der Waals surface area contributed by atoms with Crippen LogP contribution in [0.5, 0.6) is 5.75 Å². The van der Waals surface area contributed by atoms with E-state index in [1.54, 1.807) is 36.4 Å². The standard InChI is InChI=1S/C19H19N3O4/c1-11(23)20-19(26-2)17-18(25)21-14-9-5-3-7-12(14)16(22-17)13-8-4-6-10-15(13)24/h3-10,16,22,24H,1-2H3,(H,20,23)(H,21,25)/b19-17+/t16-/m0/s1. The number of phenolic OH excluding ortho intramolecular Hbond substituents is 1. The SMILES string of the molecule is CO/C(NC(C)=O)=C1/N[C@H](c2ccccc2O)c2ccccc2NC1=O. The molecule has 134 valence electrons. The zero-order valence-electron chi connectivity index (χ0n) is 14.4. The highest BCUT2D eigenvalue weighted by molar-refractivity contribution is 6.05. The van der Waals surface area contributed by atoms with Crippen molar-refractivity contribution in [3.63, 3.8) is 0 Å². The fourth-order valence-electron chi connectivity index (χ4n) is 2.86. The number of fused-ring (bicyclic) bond motifs is 1. The second-order valence-corrected chi connectivity index (χ2v) is 5.77. The van der Waals surface area contributed by atoms with E-state index in [-0.39, 0.29) is 23.2 Å². The third-order valence-corrected chi connectivity index (χ3v) is 4.00. The van der Waals surface area contributed by atoms with Crippen molar-refractivity contribution in [3.8, 4) is 5.75 Å². The van der Waals surface area contributed by atoms with Crippen molar-refractivity contribution in [1.29, 1.82) is 0 Å². The van der Waals surface area contributed by atoms with Crippen LogP contribution in [0.25, 0.3) is 0 Å². The van der Waals surface area contributed by atoms with Crippen molar-refractivity contribution in [2.75, 3.05) is 12.4 Å². The Kier molecular flexibility index (Phi) is 4.79. The van der Waals surface area contributed by atoms with Gasteiger partial charge in [0.1, 0.15) is 5.75 Å². The number of amides is 2. The van der Waals surface area contributed by atoms with Crippen LogP contribution in [0.1, 0.15) is 24.1 Å². The lowest BCUT2D eigenvalue weighted by atomic mass is 9.96. The second kappa shape index (κ2) is 7.18. The van der Waals surface area contributed by atoms with Gasteiger partial charge < -0.3 is 20.5 Å². The predicted molar refractivity (Wildman–Crippen MR) is 96.0 cm³/mol. The van der Waals surface area contributed by atoms with Crippen LogP contribution in [0.15, 0.2) is 60.1 Å². The summed E-state index contributed by atoms with van der Waals surface area (Å²) in [5, 5.41) is 18.7. The number of carbonyl (C=O) groups excluding carboxylic acids is 2. The Balaban J connectivity index is 2.17. The fourth-order valence-corrected chi connectivity index (χ4v) is 2.86. The number of hydrogen-bond donors (Lipinski definition) is 4. The summed E-state index contributed by atoms with van der Waals surface area (Å²) in [6.07, 6.45) is 0. The molecule has 1 aliphatic heterocycles. The average molecular weight is 353 g/mol. The molecule has 0 saturated heterocycles. The molecule has 3 rings (SSSR count). The van der Waals surface area contributed by atoms with Gasteiger partial charge >= 0.3 is 0 Å². The summed E-state index contributed by atoms with van der Waals surface area (Å²) < 4.78 is 5.20. The van der Waals surface area contributed by atoms with Gasteiger partial charge in [-0.05, 0) is 12.1 Å². The van der Waals surface area contributed by atoms with Crippen molar-refractivity contribution in [1.82, 2.24) is 10.6 Å². The Morgan fingerprint density at radius 2 is 1.77 bits per heavy atom. The Morgan fingerprint density at radius 1 is 1.12 bits per heavy atom. The fraction of sp³-hybridized carbons (Fsp3) is 0.158. The first kappa shape index (κ1) is 17.3. The molecule has 2 amide bonds. The van der Waals surface area contributed by atoms with Gasteiger partial charge in [0, 0.05) is 23.7 Å². The third kappa shape index (κ3) is 3.32. The molecule has 0 aromatic heterocycles. The van der Waals surface area contributed by atoms with Gasteiger partial charge in [0.05, 0.1) is 13.2 Å². The minimum absolute atomic E-state index is 0.00299. The van der Waals surface area contributed by atoms with E-state index < -0.39 is 11.9 Å². The van der Waals surface area contributed by atoms with E-state index in [1.807, 2.05) is 12.1 Å². The highest BCUT2D eigenvalue weighted by Gasteiger charge is 2.30. The molecule has 0 saturated carbocycles. The monoisotopic (exact) mass is 353 g/mol. The first-order chi connectivity index (χ1) is 12.5. The number of anilines is 1. The van der Waals surface area contributed by atoms with Gasteiger partial charge in [0.15, 0.2) is 5.70 Å². The molecule has 2 aromatic carbocycles. The molecule has 0 unspecified atom stereocenters. The van der Waals surface area contributed by atoms with Gasteiger partial charge in [-0.15, -0.1) is 0 Å². The predicted octanol–water partition coefficient (Wildman–Crippen LogP) is 1.97. The van der Waals surface area contributed by atoms with E-state index in [1.165, 1.54) is 14.0 Å². The van der Waals surface area contributed by atoms with Crippen LogP contribution in [0.2, 0.25) is 0 Å². The lowest BCUT2D eigenvalue weighted by Gasteiger charge is -2.22.